The second-order valence-corrected chi connectivity index (χ2v) is 3.61. The SMILES string of the molecule is C=CCC(=O)OC1CSC(C)=N1. The molecular weight excluding hydrogens is 174 g/mol. The van der Waals surface area contributed by atoms with Gasteiger partial charge in [0.2, 0.25) is 6.23 Å². The van der Waals surface area contributed by atoms with Crippen LogP contribution in [0.25, 0.3) is 0 Å². The number of thioether (sulfide) groups is 1. The zero-order chi connectivity index (χ0) is 8.97. The first kappa shape index (κ1) is 9.32. The van der Waals surface area contributed by atoms with Gasteiger partial charge in [0, 0.05) is 0 Å². The summed E-state index contributed by atoms with van der Waals surface area (Å²) in [5, 5.41) is 0.978. The third kappa shape index (κ3) is 2.70. The van der Waals surface area contributed by atoms with Gasteiger partial charge in [0.1, 0.15) is 0 Å². The average Bonchev–Trinajstić information content (AvgIpc) is 2.36. The first-order valence-electron chi connectivity index (χ1n) is 3.70. The van der Waals surface area contributed by atoms with E-state index in [1.807, 2.05) is 6.92 Å². The van der Waals surface area contributed by atoms with Crippen LogP contribution < -0.4 is 0 Å². The molecule has 0 spiro atoms. The Bertz CT molecular complexity index is 225. The van der Waals surface area contributed by atoms with Crippen LogP contribution in [0, 0.1) is 0 Å². The van der Waals surface area contributed by atoms with Crippen LogP contribution in [0.1, 0.15) is 13.3 Å². The molecule has 3 nitrogen and oxygen atoms in total. The van der Waals surface area contributed by atoms with E-state index in [9.17, 15) is 4.79 Å². The Hall–Kier alpha value is -0.770. The Morgan fingerprint density at radius 2 is 2.75 bits per heavy atom. The number of hydrogen-bond donors (Lipinski definition) is 0. The molecule has 0 aromatic carbocycles. The molecule has 0 amide bonds. The van der Waals surface area contributed by atoms with Crippen molar-refractivity contribution in [1.29, 1.82) is 0 Å². The third-order valence-corrected chi connectivity index (χ3v) is 2.31. The zero-order valence-electron chi connectivity index (χ0n) is 6.95. The molecule has 1 unspecified atom stereocenters. The van der Waals surface area contributed by atoms with E-state index in [1.165, 1.54) is 6.08 Å². The van der Waals surface area contributed by atoms with E-state index < -0.39 is 0 Å². The number of nitrogens with zero attached hydrogens (tertiary/aromatic N) is 1. The fraction of sp³-hybridized carbons (Fsp3) is 0.500. The van der Waals surface area contributed by atoms with Crippen molar-refractivity contribution >= 4 is 22.8 Å². The Kier molecular flexibility index (Phi) is 3.34. The van der Waals surface area contributed by atoms with Crippen LogP contribution in [-0.4, -0.2) is 23.0 Å². The molecular formula is C8H11NO2S. The lowest BCUT2D eigenvalue weighted by atomic mass is 10.4. The van der Waals surface area contributed by atoms with Crippen molar-refractivity contribution in [2.75, 3.05) is 5.75 Å². The molecule has 1 aliphatic heterocycles. The van der Waals surface area contributed by atoms with E-state index in [0.29, 0.717) is 0 Å². The van der Waals surface area contributed by atoms with Gasteiger partial charge in [-0.1, -0.05) is 6.08 Å². The number of rotatable bonds is 3. The van der Waals surface area contributed by atoms with Crippen LogP contribution in [-0.2, 0) is 9.53 Å². The van der Waals surface area contributed by atoms with E-state index in [-0.39, 0.29) is 18.6 Å². The maximum Gasteiger partial charge on any atom is 0.311 e. The van der Waals surface area contributed by atoms with Gasteiger partial charge in [-0.2, -0.15) is 0 Å². The van der Waals surface area contributed by atoms with Gasteiger partial charge in [-0.05, 0) is 6.92 Å². The summed E-state index contributed by atoms with van der Waals surface area (Å²) in [4.78, 5) is 15.0. The van der Waals surface area contributed by atoms with Crippen LogP contribution in [0.5, 0.6) is 0 Å². The minimum Gasteiger partial charge on any atom is -0.439 e. The zero-order valence-corrected chi connectivity index (χ0v) is 7.76. The minimum absolute atomic E-state index is 0.256. The number of hydrogen-bond acceptors (Lipinski definition) is 4. The lowest BCUT2D eigenvalue weighted by Crippen LogP contribution is -2.15. The van der Waals surface area contributed by atoms with Gasteiger partial charge in [0.15, 0.2) is 0 Å². The van der Waals surface area contributed by atoms with Gasteiger partial charge in [0.05, 0.1) is 17.2 Å². The first-order chi connectivity index (χ1) is 5.72. The summed E-state index contributed by atoms with van der Waals surface area (Å²) in [6.45, 7) is 5.36. The summed E-state index contributed by atoms with van der Waals surface area (Å²) in [5.41, 5.74) is 0. The number of carbonyl (C=O) groups excluding carboxylic acids is 1. The molecule has 0 N–H and O–H groups in total. The molecule has 0 bridgehead atoms. The quantitative estimate of drug-likeness (QED) is 0.495. The average molecular weight is 185 g/mol. The van der Waals surface area contributed by atoms with Gasteiger partial charge >= 0.3 is 5.97 Å². The molecule has 66 valence electrons. The number of carbonyl (C=O) groups is 1. The fourth-order valence-electron chi connectivity index (χ4n) is 0.847. The van der Waals surface area contributed by atoms with Crippen molar-refractivity contribution < 1.29 is 9.53 Å². The summed E-state index contributed by atoms with van der Waals surface area (Å²) in [6, 6.07) is 0. The van der Waals surface area contributed by atoms with Crippen LogP contribution in [0.15, 0.2) is 17.6 Å². The summed E-state index contributed by atoms with van der Waals surface area (Å²) < 4.78 is 5.00. The van der Waals surface area contributed by atoms with Crippen molar-refractivity contribution in [3.63, 3.8) is 0 Å². The largest absolute Gasteiger partial charge is 0.439 e. The molecule has 0 saturated carbocycles. The molecule has 0 saturated heterocycles. The summed E-state index contributed by atoms with van der Waals surface area (Å²) >= 11 is 1.61. The smallest absolute Gasteiger partial charge is 0.311 e. The van der Waals surface area contributed by atoms with Crippen LogP contribution in [0.4, 0.5) is 0 Å². The van der Waals surface area contributed by atoms with Crippen molar-refractivity contribution in [2.24, 2.45) is 4.99 Å². The van der Waals surface area contributed by atoms with Gasteiger partial charge in [-0.3, -0.25) is 4.79 Å². The highest BCUT2D eigenvalue weighted by Crippen LogP contribution is 2.18. The Morgan fingerprint density at radius 3 is 3.25 bits per heavy atom. The topological polar surface area (TPSA) is 38.7 Å². The Balaban J connectivity index is 2.32. The molecule has 0 radical (unpaired) electrons. The molecule has 1 heterocycles. The van der Waals surface area contributed by atoms with Gasteiger partial charge in [-0.25, -0.2) is 4.99 Å². The van der Waals surface area contributed by atoms with Crippen molar-refractivity contribution in [3.8, 4) is 0 Å². The number of aliphatic imine (C=N–C) groups is 1. The minimum atomic E-state index is -0.276. The van der Waals surface area contributed by atoms with E-state index in [2.05, 4.69) is 11.6 Å². The predicted octanol–water partition coefficient (Wildman–Crippen LogP) is 1.60. The molecule has 12 heavy (non-hydrogen) atoms. The lowest BCUT2D eigenvalue weighted by molar-refractivity contribution is -0.146. The third-order valence-electron chi connectivity index (χ3n) is 1.34. The molecule has 0 aromatic rings. The number of ether oxygens (including phenoxy) is 1. The molecule has 1 atom stereocenters. The standard InChI is InChI=1S/C8H11NO2S/c1-3-4-8(10)11-7-5-12-6(2)9-7/h3,7H,1,4-5H2,2H3. The van der Waals surface area contributed by atoms with Crippen molar-refractivity contribution in [1.82, 2.24) is 0 Å². The molecule has 4 heteroatoms. The molecule has 0 fully saturated rings. The monoisotopic (exact) mass is 185 g/mol. The highest BCUT2D eigenvalue weighted by atomic mass is 32.2. The van der Waals surface area contributed by atoms with Crippen molar-refractivity contribution in [3.05, 3.63) is 12.7 Å². The maximum atomic E-state index is 10.9. The number of esters is 1. The van der Waals surface area contributed by atoms with Crippen molar-refractivity contribution in [2.45, 2.75) is 19.6 Å². The Morgan fingerprint density at radius 1 is 2.00 bits per heavy atom. The van der Waals surface area contributed by atoms with E-state index in [4.69, 9.17) is 4.74 Å². The second kappa shape index (κ2) is 4.30. The summed E-state index contributed by atoms with van der Waals surface area (Å²) in [6.07, 6.45) is 1.51. The van der Waals surface area contributed by atoms with E-state index >= 15 is 0 Å². The van der Waals surface area contributed by atoms with Crippen LogP contribution >= 0.6 is 11.8 Å². The highest BCUT2D eigenvalue weighted by molar-refractivity contribution is 8.14. The fourth-order valence-corrected chi connectivity index (χ4v) is 1.57. The normalized spacial score (nSPS) is 21.8. The highest BCUT2D eigenvalue weighted by Gasteiger charge is 2.18. The lowest BCUT2D eigenvalue weighted by Gasteiger charge is -2.06. The Labute approximate surface area is 75.9 Å². The van der Waals surface area contributed by atoms with Gasteiger partial charge in [-0.15, -0.1) is 18.3 Å². The van der Waals surface area contributed by atoms with Crippen LogP contribution in [0.2, 0.25) is 0 Å². The molecule has 1 rings (SSSR count). The van der Waals surface area contributed by atoms with E-state index in [1.54, 1.807) is 11.8 Å². The first-order valence-corrected chi connectivity index (χ1v) is 4.68. The summed E-state index contributed by atoms with van der Waals surface area (Å²) in [5.74, 6) is 0.489. The van der Waals surface area contributed by atoms with Gasteiger partial charge < -0.3 is 4.74 Å². The van der Waals surface area contributed by atoms with E-state index in [0.717, 1.165) is 10.8 Å². The maximum absolute atomic E-state index is 10.9. The molecule has 0 aliphatic carbocycles. The second-order valence-electron chi connectivity index (χ2n) is 2.40. The molecule has 1 aliphatic rings. The molecule has 0 aromatic heterocycles. The van der Waals surface area contributed by atoms with Crippen LogP contribution in [0.3, 0.4) is 0 Å². The summed E-state index contributed by atoms with van der Waals surface area (Å²) in [7, 11) is 0. The predicted molar refractivity (Wildman–Crippen MR) is 50.3 cm³/mol. The van der Waals surface area contributed by atoms with Gasteiger partial charge in [0.25, 0.3) is 0 Å².